The van der Waals surface area contributed by atoms with E-state index < -0.39 is 0 Å². The molecule has 0 bridgehead atoms. The first-order valence-corrected chi connectivity index (χ1v) is 6.95. The molecule has 1 atom stereocenters. The first-order valence-electron chi connectivity index (χ1n) is 6.95. The number of carbonyl (C=O) groups excluding carboxylic acids is 2. The fourth-order valence-corrected chi connectivity index (χ4v) is 2.66. The molecule has 1 saturated heterocycles. The topological polar surface area (TPSA) is 49.4 Å². The van der Waals surface area contributed by atoms with E-state index in [1.54, 1.807) is 18.2 Å². The zero-order valence-corrected chi connectivity index (χ0v) is 11.1. The number of rotatable bonds is 4. The van der Waals surface area contributed by atoms with Gasteiger partial charge in [-0.05, 0) is 24.5 Å². The average Bonchev–Trinajstić information content (AvgIpc) is 3.17. The first kappa shape index (κ1) is 13.1. The van der Waals surface area contributed by atoms with Crippen LogP contribution in [-0.2, 0) is 16.0 Å². The lowest BCUT2D eigenvalue weighted by molar-refractivity contribution is -0.128. The molecule has 2 aliphatic rings. The van der Waals surface area contributed by atoms with Crippen LogP contribution in [0.15, 0.2) is 24.3 Å². The van der Waals surface area contributed by atoms with E-state index in [-0.39, 0.29) is 30.1 Å². The van der Waals surface area contributed by atoms with Crippen LogP contribution in [0.4, 0.5) is 4.39 Å². The fourth-order valence-electron chi connectivity index (χ4n) is 2.66. The van der Waals surface area contributed by atoms with E-state index in [2.05, 4.69) is 5.32 Å². The third-order valence-corrected chi connectivity index (χ3v) is 3.82. The average molecular weight is 276 g/mol. The molecule has 106 valence electrons. The molecule has 20 heavy (non-hydrogen) atoms. The summed E-state index contributed by atoms with van der Waals surface area (Å²) in [6.45, 7) is 0.590. The molecule has 1 aliphatic heterocycles. The smallest absolute Gasteiger partial charge is 0.225 e. The van der Waals surface area contributed by atoms with E-state index in [0.29, 0.717) is 24.6 Å². The molecule has 4 nitrogen and oxygen atoms in total. The second-order valence-electron chi connectivity index (χ2n) is 5.51. The lowest BCUT2D eigenvalue weighted by Gasteiger charge is -2.16. The SMILES string of the molecule is O=C(Cc1ccccc1F)NC1CC(=O)N(C2CC2)C1. The van der Waals surface area contributed by atoms with Gasteiger partial charge in [-0.3, -0.25) is 9.59 Å². The molecule has 1 unspecified atom stereocenters. The maximum Gasteiger partial charge on any atom is 0.225 e. The van der Waals surface area contributed by atoms with Crippen LogP contribution in [0.5, 0.6) is 0 Å². The quantitative estimate of drug-likeness (QED) is 0.899. The number of likely N-dealkylation sites (tertiary alicyclic amines) is 1. The van der Waals surface area contributed by atoms with Gasteiger partial charge in [0.15, 0.2) is 0 Å². The van der Waals surface area contributed by atoms with Crippen molar-refractivity contribution in [1.82, 2.24) is 10.2 Å². The van der Waals surface area contributed by atoms with Gasteiger partial charge in [-0.1, -0.05) is 18.2 Å². The second-order valence-corrected chi connectivity index (χ2v) is 5.51. The highest BCUT2D eigenvalue weighted by atomic mass is 19.1. The Labute approximate surface area is 117 Å². The molecule has 0 radical (unpaired) electrons. The number of nitrogens with zero attached hydrogens (tertiary/aromatic N) is 1. The van der Waals surface area contributed by atoms with Gasteiger partial charge in [0, 0.05) is 19.0 Å². The maximum atomic E-state index is 13.5. The van der Waals surface area contributed by atoms with Gasteiger partial charge >= 0.3 is 0 Å². The highest BCUT2D eigenvalue weighted by Gasteiger charge is 2.39. The van der Waals surface area contributed by atoms with Crippen molar-refractivity contribution in [2.24, 2.45) is 0 Å². The van der Waals surface area contributed by atoms with Crippen LogP contribution in [0.1, 0.15) is 24.8 Å². The van der Waals surface area contributed by atoms with Gasteiger partial charge in [-0.2, -0.15) is 0 Å². The third-order valence-electron chi connectivity index (χ3n) is 3.82. The molecule has 0 spiro atoms. The lowest BCUT2D eigenvalue weighted by atomic mass is 10.1. The Morgan fingerprint density at radius 1 is 1.35 bits per heavy atom. The Morgan fingerprint density at radius 2 is 2.10 bits per heavy atom. The summed E-state index contributed by atoms with van der Waals surface area (Å²) >= 11 is 0. The molecular weight excluding hydrogens is 259 g/mol. The summed E-state index contributed by atoms with van der Waals surface area (Å²) in [5, 5.41) is 2.83. The van der Waals surface area contributed by atoms with E-state index in [0.717, 1.165) is 12.8 Å². The Morgan fingerprint density at radius 3 is 2.80 bits per heavy atom. The van der Waals surface area contributed by atoms with Crippen LogP contribution >= 0.6 is 0 Å². The first-order chi connectivity index (χ1) is 9.63. The molecular formula is C15H17FN2O2. The number of nitrogens with one attached hydrogen (secondary N) is 1. The van der Waals surface area contributed by atoms with Gasteiger partial charge in [-0.15, -0.1) is 0 Å². The molecule has 1 aromatic rings. The molecule has 0 aromatic heterocycles. The minimum absolute atomic E-state index is 0.0147. The minimum atomic E-state index is -0.371. The molecule has 1 aliphatic carbocycles. The van der Waals surface area contributed by atoms with Crippen molar-refractivity contribution in [3.8, 4) is 0 Å². The summed E-state index contributed by atoms with van der Waals surface area (Å²) in [5.41, 5.74) is 0.383. The molecule has 5 heteroatoms. The van der Waals surface area contributed by atoms with Crippen LogP contribution in [0, 0.1) is 5.82 Å². The van der Waals surface area contributed by atoms with Crippen molar-refractivity contribution in [2.45, 2.75) is 37.8 Å². The number of amides is 2. The van der Waals surface area contributed by atoms with Crippen molar-refractivity contribution in [2.75, 3.05) is 6.54 Å². The largest absolute Gasteiger partial charge is 0.351 e. The van der Waals surface area contributed by atoms with Crippen molar-refractivity contribution < 1.29 is 14.0 Å². The fraction of sp³-hybridized carbons (Fsp3) is 0.467. The van der Waals surface area contributed by atoms with E-state index in [9.17, 15) is 14.0 Å². The van der Waals surface area contributed by atoms with E-state index in [1.165, 1.54) is 6.07 Å². The Kier molecular flexibility index (Phi) is 3.42. The Hall–Kier alpha value is -1.91. The molecule has 1 saturated carbocycles. The lowest BCUT2D eigenvalue weighted by Crippen LogP contribution is -2.38. The van der Waals surface area contributed by atoms with Crippen molar-refractivity contribution in [3.63, 3.8) is 0 Å². The number of hydrogen-bond donors (Lipinski definition) is 1. The zero-order chi connectivity index (χ0) is 14.1. The Balaban J connectivity index is 1.54. The van der Waals surface area contributed by atoms with Crippen LogP contribution in [0.3, 0.4) is 0 Å². The summed E-state index contributed by atoms with van der Waals surface area (Å²) in [4.78, 5) is 25.5. The van der Waals surface area contributed by atoms with Crippen LogP contribution in [-0.4, -0.2) is 35.3 Å². The molecule has 1 aromatic carbocycles. The highest BCUT2D eigenvalue weighted by Crippen LogP contribution is 2.30. The molecule has 1 N–H and O–H groups in total. The number of carbonyl (C=O) groups is 2. The summed E-state index contributed by atoms with van der Waals surface area (Å²) in [7, 11) is 0. The summed E-state index contributed by atoms with van der Waals surface area (Å²) in [6.07, 6.45) is 2.52. The standard InChI is InChI=1S/C15H17FN2O2/c16-13-4-2-1-3-10(13)7-14(19)17-11-8-15(20)18(9-11)12-5-6-12/h1-4,11-12H,5-9H2,(H,17,19). The van der Waals surface area contributed by atoms with Gasteiger partial charge in [0.2, 0.25) is 11.8 Å². The Bertz CT molecular complexity index is 542. The van der Waals surface area contributed by atoms with Gasteiger partial charge in [0.25, 0.3) is 0 Å². The molecule has 2 amide bonds. The molecule has 1 heterocycles. The maximum absolute atomic E-state index is 13.5. The molecule has 2 fully saturated rings. The van der Waals surface area contributed by atoms with Gasteiger partial charge in [-0.25, -0.2) is 4.39 Å². The van der Waals surface area contributed by atoms with Crippen LogP contribution in [0.25, 0.3) is 0 Å². The normalized spacial score (nSPS) is 22.1. The number of benzene rings is 1. The number of halogens is 1. The second kappa shape index (κ2) is 5.23. The summed E-state index contributed by atoms with van der Waals surface area (Å²) in [5.74, 6) is -0.487. The predicted molar refractivity (Wildman–Crippen MR) is 71.4 cm³/mol. The minimum Gasteiger partial charge on any atom is -0.351 e. The third kappa shape index (κ3) is 2.81. The van der Waals surface area contributed by atoms with Crippen molar-refractivity contribution >= 4 is 11.8 Å². The van der Waals surface area contributed by atoms with E-state index in [4.69, 9.17) is 0 Å². The van der Waals surface area contributed by atoms with Gasteiger partial charge < -0.3 is 10.2 Å². The summed E-state index contributed by atoms with van der Waals surface area (Å²) < 4.78 is 13.5. The van der Waals surface area contributed by atoms with E-state index in [1.807, 2.05) is 4.90 Å². The monoisotopic (exact) mass is 276 g/mol. The zero-order valence-electron chi connectivity index (χ0n) is 11.1. The summed E-state index contributed by atoms with van der Waals surface area (Å²) in [6, 6.07) is 6.50. The van der Waals surface area contributed by atoms with Crippen LogP contribution in [0.2, 0.25) is 0 Å². The molecule has 3 rings (SSSR count). The van der Waals surface area contributed by atoms with Crippen molar-refractivity contribution in [1.29, 1.82) is 0 Å². The predicted octanol–water partition coefficient (Wildman–Crippen LogP) is 1.25. The van der Waals surface area contributed by atoms with Crippen molar-refractivity contribution in [3.05, 3.63) is 35.6 Å². The highest BCUT2D eigenvalue weighted by molar-refractivity contribution is 5.83. The van der Waals surface area contributed by atoms with E-state index >= 15 is 0 Å². The van der Waals surface area contributed by atoms with Gasteiger partial charge in [0.05, 0.1) is 12.5 Å². The van der Waals surface area contributed by atoms with Gasteiger partial charge in [0.1, 0.15) is 5.82 Å². The van der Waals surface area contributed by atoms with Crippen LogP contribution < -0.4 is 5.32 Å². The number of hydrogen-bond acceptors (Lipinski definition) is 2.